The number of hydrogen-bond acceptors (Lipinski definition) is 5. The summed E-state index contributed by atoms with van der Waals surface area (Å²) in [5.74, 6) is 0.626. The lowest BCUT2D eigenvalue weighted by atomic mass is 10.00. The Labute approximate surface area is 147 Å². The highest BCUT2D eigenvalue weighted by Gasteiger charge is 2.39. The fourth-order valence-electron chi connectivity index (χ4n) is 3.58. The van der Waals surface area contributed by atoms with Crippen molar-refractivity contribution in [2.45, 2.75) is 25.0 Å². The standard InChI is InChI=1S/C18H24N4O3/c23-15-12-25-17(16(20-15)14-2-1-5-19-10-14)18(24)22-8-6-21(7-9-22)11-13-3-4-13/h1-2,5,10,13,16-17H,3-4,6-9,11-12H2,(H,20,23)/t16-,17+/m1/s1. The second-order valence-electron chi connectivity index (χ2n) is 7.13. The minimum atomic E-state index is -0.683. The highest BCUT2D eigenvalue weighted by molar-refractivity contribution is 5.86. The Kier molecular flexibility index (Phi) is 4.67. The molecule has 1 aromatic rings. The normalized spacial score (nSPS) is 27.8. The van der Waals surface area contributed by atoms with Crippen molar-refractivity contribution in [3.63, 3.8) is 0 Å². The second-order valence-corrected chi connectivity index (χ2v) is 7.13. The number of hydrogen-bond donors (Lipinski definition) is 1. The molecule has 3 heterocycles. The van der Waals surface area contributed by atoms with Gasteiger partial charge in [-0.1, -0.05) is 6.07 Å². The van der Waals surface area contributed by atoms with E-state index in [-0.39, 0.29) is 18.4 Å². The van der Waals surface area contributed by atoms with Crippen LogP contribution in [-0.4, -0.2) is 72.0 Å². The van der Waals surface area contributed by atoms with E-state index in [1.54, 1.807) is 18.5 Å². The number of ether oxygens (including phenoxy) is 1. The number of carbonyl (C=O) groups is 2. The van der Waals surface area contributed by atoms with E-state index in [1.165, 1.54) is 12.8 Å². The molecule has 0 spiro atoms. The summed E-state index contributed by atoms with van der Waals surface area (Å²) >= 11 is 0. The first-order valence-electron chi connectivity index (χ1n) is 9.03. The van der Waals surface area contributed by atoms with E-state index in [9.17, 15) is 9.59 Å². The van der Waals surface area contributed by atoms with E-state index in [4.69, 9.17) is 4.74 Å². The highest BCUT2D eigenvalue weighted by Crippen LogP contribution is 2.30. The Bertz CT molecular complexity index is 626. The highest BCUT2D eigenvalue weighted by atomic mass is 16.5. The summed E-state index contributed by atoms with van der Waals surface area (Å²) in [6.07, 6.45) is 5.36. The molecule has 2 aliphatic heterocycles. The zero-order chi connectivity index (χ0) is 17.2. The molecule has 1 aliphatic carbocycles. The molecule has 0 radical (unpaired) electrons. The van der Waals surface area contributed by atoms with Gasteiger partial charge in [0.05, 0.1) is 6.04 Å². The molecule has 0 unspecified atom stereocenters. The van der Waals surface area contributed by atoms with Crippen LogP contribution >= 0.6 is 0 Å². The van der Waals surface area contributed by atoms with Gasteiger partial charge in [0.2, 0.25) is 5.91 Å². The Balaban J connectivity index is 1.41. The fourth-order valence-corrected chi connectivity index (χ4v) is 3.58. The minimum Gasteiger partial charge on any atom is -0.356 e. The van der Waals surface area contributed by atoms with Gasteiger partial charge in [0, 0.05) is 45.1 Å². The maximum absolute atomic E-state index is 13.0. The molecule has 3 fully saturated rings. The zero-order valence-corrected chi connectivity index (χ0v) is 14.3. The molecule has 0 aromatic carbocycles. The van der Waals surface area contributed by atoms with Crippen LogP contribution in [0, 0.1) is 5.92 Å². The van der Waals surface area contributed by atoms with Gasteiger partial charge in [-0.15, -0.1) is 0 Å². The molecule has 7 heteroatoms. The van der Waals surface area contributed by atoms with Gasteiger partial charge < -0.3 is 15.0 Å². The topological polar surface area (TPSA) is 74.8 Å². The second kappa shape index (κ2) is 7.09. The SMILES string of the molecule is O=C1CO[C@H](C(=O)N2CCN(CC3CC3)CC2)[C@@H](c2cccnc2)N1. The Morgan fingerprint density at radius 2 is 2.08 bits per heavy atom. The van der Waals surface area contributed by atoms with Gasteiger partial charge in [-0.3, -0.25) is 19.5 Å². The molecule has 3 aliphatic rings. The molecule has 4 rings (SSSR count). The summed E-state index contributed by atoms with van der Waals surface area (Å²) in [6.45, 7) is 4.36. The molecule has 2 amide bonds. The van der Waals surface area contributed by atoms with E-state index >= 15 is 0 Å². The van der Waals surface area contributed by atoms with Crippen molar-refractivity contribution in [3.8, 4) is 0 Å². The first-order chi connectivity index (χ1) is 12.2. The lowest BCUT2D eigenvalue weighted by Gasteiger charge is -2.39. The maximum atomic E-state index is 13.0. The zero-order valence-electron chi connectivity index (χ0n) is 14.3. The van der Waals surface area contributed by atoms with Crippen molar-refractivity contribution in [2.75, 3.05) is 39.3 Å². The predicted octanol–water partition coefficient (Wildman–Crippen LogP) is 0.192. The molecule has 0 bridgehead atoms. The minimum absolute atomic E-state index is 0.0417. The van der Waals surface area contributed by atoms with Crippen LogP contribution in [-0.2, 0) is 14.3 Å². The van der Waals surface area contributed by atoms with Crippen LogP contribution in [0.15, 0.2) is 24.5 Å². The van der Waals surface area contributed by atoms with Gasteiger partial charge in [-0.05, 0) is 30.4 Å². The third-order valence-electron chi connectivity index (χ3n) is 5.20. The summed E-state index contributed by atoms with van der Waals surface area (Å²) < 4.78 is 5.63. The molecule has 25 heavy (non-hydrogen) atoms. The van der Waals surface area contributed by atoms with Crippen LogP contribution in [0.4, 0.5) is 0 Å². The third-order valence-corrected chi connectivity index (χ3v) is 5.20. The molecule has 134 valence electrons. The quantitative estimate of drug-likeness (QED) is 0.844. The first-order valence-corrected chi connectivity index (χ1v) is 9.03. The monoisotopic (exact) mass is 344 g/mol. The van der Waals surface area contributed by atoms with Crippen LogP contribution in [0.3, 0.4) is 0 Å². The number of amides is 2. The summed E-state index contributed by atoms with van der Waals surface area (Å²) in [5, 5.41) is 2.88. The van der Waals surface area contributed by atoms with E-state index in [0.717, 1.165) is 44.2 Å². The number of nitrogens with zero attached hydrogens (tertiary/aromatic N) is 3. The van der Waals surface area contributed by atoms with Crippen LogP contribution in [0.25, 0.3) is 0 Å². The van der Waals surface area contributed by atoms with Crippen molar-refractivity contribution >= 4 is 11.8 Å². The van der Waals surface area contributed by atoms with Crippen molar-refractivity contribution in [1.82, 2.24) is 20.1 Å². The van der Waals surface area contributed by atoms with Gasteiger partial charge in [-0.25, -0.2) is 0 Å². The average Bonchev–Trinajstić information content (AvgIpc) is 3.46. The van der Waals surface area contributed by atoms with Crippen molar-refractivity contribution in [2.24, 2.45) is 5.92 Å². The van der Waals surface area contributed by atoms with Crippen molar-refractivity contribution in [3.05, 3.63) is 30.1 Å². The van der Waals surface area contributed by atoms with Crippen LogP contribution in [0.5, 0.6) is 0 Å². The molecular weight excluding hydrogens is 320 g/mol. The third kappa shape index (κ3) is 3.82. The number of carbonyl (C=O) groups excluding carboxylic acids is 2. The summed E-state index contributed by atoms with van der Waals surface area (Å²) in [5.41, 5.74) is 0.793. The van der Waals surface area contributed by atoms with E-state index < -0.39 is 12.1 Å². The van der Waals surface area contributed by atoms with Gasteiger partial charge in [0.1, 0.15) is 6.61 Å². The maximum Gasteiger partial charge on any atom is 0.254 e. The number of pyridine rings is 1. The van der Waals surface area contributed by atoms with Crippen LogP contribution < -0.4 is 5.32 Å². The number of aromatic nitrogens is 1. The Morgan fingerprint density at radius 3 is 2.76 bits per heavy atom. The predicted molar refractivity (Wildman–Crippen MR) is 90.6 cm³/mol. The summed E-state index contributed by atoms with van der Waals surface area (Å²) in [4.78, 5) is 33.2. The van der Waals surface area contributed by atoms with Crippen LogP contribution in [0.1, 0.15) is 24.4 Å². The van der Waals surface area contributed by atoms with E-state index in [0.29, 0.717) is 0 Å². The van der Waals surface area contributed by atoms with Crippen molar-refractivity contribution in [1.29, 1.82) is 0 Å². The van der Waals surface area contributed by atoms with E-state index in [1.807, 2.05) is 11.0 Å². The largest absolute Gasteiger partial charge is 0.356 e. The molecule has 2 saturated heterocycles. The molecular formula is C18H24N4O3. The Hall–Kier alpha value is -1.99. The molecule has 1 aromatic heterocycles. The number of nitrogens with one attached hydrogen (secondary N) is 1. The van der Waals surface area contributed by atoms with Gasteiger partial charge in [-0.2, -0.15) is 0 Å². The molecule has 1 saturated carbocycles. The van der Waals surface area contributed by atoms with Gasteiger partial charge in [0.25, 0.3) is 5.91 Å². The summed E-state index contributed by atoms with van der Waals surface area (Å²) in [7, 11) is 0. The number of rotatable bonds is 4. The Morgan fingerprint density at radius 1 is 1.28 bits per heavy atom. The van der Waals surface area contributed by atoms with Gasteiger partial charge in [0.15, 0.2) is 6.10 Å². The average molecular weight is 344 g/mol. The fraction of sp³-hybridized carbons (Fsp3) is 0.611. The molecule has 1 N–H and O–H groups in total. The summed E-state index contributed by atoms with van der Waals surface area (Å²) in [6, 6.07) is 3.18. The molecule has 2 atom stereocenters. The number of piperazine rings is 1. The smallest absolute Gasteiger partial charge is 0.254 e. The van der Waals surface area contributed by atoms with Crippen molar-refractivity contribution < 1.29 is 14.3 Å². The lowest BCUT2D eigenvalue weighted by Crippen LogP contribution is -2.57. The van der Waals surface area contributed by atoms with E-state index in [2.05, 4.69) is 15.2 Å². The lowest BCUT2D eigenvalue weighted by molar-refractivity contribution is -0.156. The first kappa shape index (κ1) is 16.5. The molecule has 7 nitrogen and oxygen atoms in total. The number of morpholine rings is 1. The van der Waals surface area contributed by atoms with Gasteiger partial charge >= 0.3 is 0 Å². The van der Waals surface area contributed by atoms with Crippen LogP contribution in [0.2, 0.25) is 0 Å².